The smallest absolute Gasteiger partial charge is 0.303 e. The van der Waals surface area contributed by atoms with Gasteiger partial charge in [0.2, 0.25) is 0 Å². The number of hydrogen-bond acceptors (Lipinski definition) is 2. The molecule has 0 bridgehead atoms. The quantitative estimate of drug-likeness (QED) is 0.489. The van der Waals surface area contributed by atoms with Crippen LogP contribution in [0.25, 0.3) is 0 Å². The zero-order chi connectivity index (χ0) is 15.5. The summed E-state index contributed by atoms with van der Waals surface area (Å²) in [4.78, 5) is 12.6. The van der Waals surface area contributed by atoms with E-state index < -0.39 is 5.97 Å². The van der Waals surface area contributed by atoms with Crippen molar-refractivity contribution in [2.75, 3.05) is 29.7 Å². The van der Waals surface area contributed by atoms with Gasteiger partial charge in [-0.05, 0) is 37.0 Å². The van der Waals surface area contributed by atoms with Crippen LogP contribution in [0.5, 0.6) is 0 Å². The molecule has 0 heterocycles. The Labute approximate surface area is 136 Å². The zero-order valence-electron chi connectivity index (χ0n) is 12.2. The second kappa shape index (κ2) is 10.7. The van der Waals surface area contributed by atoms with Crippen LogP contribution < -0.4 is 4.90 Å². The van der Waals surface area contributed by atoms with Gasteiger partial charge in [-0.2, -0.15) is 0 Å². The third-order valence-corrected chi connectivity index (χ3v) is 3.70. The Bertz CT molecular complexity index is 403. The van der Waals surface area contributed by atoms with Gasteiger partial charge in [0.05, 0.1) is 0 Å². The minimum atomic E-state index is -0.710. The molecule has 21 heavy (non-hydrogen) atoms. The molecule has 0 aromatic heterocycles. The molecule has 118 valence electrons. The second-order valence-electron chi connectivity index (χ2n) is 4.99. The molecule has 1 aromatic rings. The Balaban J connectivity index is 2.40. The van der Waals surface area contributed by atoms with Crippen molar-refractivity contribution in [2.45, 2.75) is 32.1 Å². The molecule has 0 amide bonds. The zero-order valence-corrected chi connectivity index (χ0v) is 13.7. The number of carbonyl (C=O) groups is 1. The highest BCUT2D eigenvalue weighted by molar-refractivity contribution is 6.18. The van der Waals surface area contributed by atoms with E-state index in [1.54, 1.807) is 0 Å². The Kier molecular flexibility index (Phi) is 9.27. The normalized spacial score (nSPS) is 10.6. The van der Waals surface area contributed by atoms with Crippen molar-refractivity contribution in [3.05, 3.63) is 29.8 Å². The monoisotopic (exact) mass is 331 g/mol. The molecule has 0 saturated carbocycles. The number of carboxylic acids is 1. The van der Waals surface area contributed by atoms with Gasteiger partial charge in [-0.1, -0.05) is 18.6 Å². The Morgan fingerprint density at radius 2 is 1.62 bits per heavy atom. The molecule has 0 radical (unpaired) electrons. The molecule has 0 spiro atoms. The summed E-state index contributed by atoms with van der Waals surface area (Å²) in [6, 6.07) is 8.46. The fourth-order valence-electron chi connectivity index (χ4n) is 2.23. The number of alkyl halides is 2. The number of benzene rings is 1. The van der Waals surface area contributed by atoms with Gasteiger partial charge in [0.15, 0.2) is 0 Å². The molecule has 0 aliphatic rings. The Morgan fingerprint density at radius 3 is 2.14 bits per heavy atom. The summed E-state index contributed by atoms with van der Waals surface area (Å²) in [5, 5.41) is 8.58. The molecule has 3 nitrogen and oxygen atoms in total. The first-order valence-corrected chi connectivity index (χ1v) is 8.42. The van der Waals surface area contributed by atoms with Crippen molar-refractivity contribution in [3.8, 4) is 0 Å². The summed E-state index contributed by atoms with van der Waals surface area (Å²) in [6.07, 6.45) is 4.00. The van der Waals surface area contributed by atoms with Gasteiger partial charge in [-0.25, -0.2) is 0 Å². The van der Waals surface area contributed by atoms with Crippen LogP contribution in [0.15, 0.2) is 24.3 Å². The Hall–Kier alpha value is -0.930. The maximum Gasteiger partial charge on any atom is 0.303 e. The number of anilines is 1. The van der Waals surface area contributed by atoms with Gasteiger partial charge in [0.1, 0.15) is 0 Å². The van der Waals surface area contributed by atoms with E-state index in [9.17, 15) is 4.79 Å². The van der Waals surface area contributed by atoms with Gasteiger partial charge in [0.25, 0.3) is 0 Å². The summed E-state index contributed by atoms with van der Waals surface area (Å²) >= 11 is 11.6. The number of carboxylic acid groups (broad SMARTS) is 1. The number of hydrogen-bond donors (Lipinski definition) is 1. The SMILES string of the molecule is O=C(O)CCCCCc1ccc(N(CCCl)CCCl)cc1. The molecule has 0 unspecified atom stereocenters. The standard InChI is InChI=1S/C16H23Cl2NO2/c17-10-12-19(13-11-18)15-8-6-14(7-9-15)4-2-1-3-5-16(20)21/h6-9H,1-5,10-13H2,(H,20,21). The van der Waals surface area contributed by atoms with Crippen LogP contribution in [0.2, 0.25) is 0 Å². The molecule has 1 aromatic carbocycles. The number of aryl methyl sites for hydroxylation is 1. The summed E-state index contributed by atoms with van der Waals surface area (Å²) in [5.41, 5.74) is 2.43. The van der Waals surface area contributed by atoms with Crippen LogP contribution in [0.3, 0.4) is 0 Å². The van der Waals surface area contributed by atoms with Crippen molar-refractivity contribution in [3.63, 3.8) is 0 Å². The molecular weight excluding hydrogens is 309 g/mol. The highest BCUT2D eigenvalue weighted by atomic mass is 35.5. The molecule has 1 rings (SSSR count). The Morgan fingerprint density at radius 1 is 1.00 bits per heavy atom. The van der Waals surface area contributed by atoms with E-state index in [0.29, 0.717) is 11.8 Å². The van der Waals surface area contributed by atoms with E-state index in [2.05, 4.69) is 29.2 Å². The summed E-state index contributed by atoms with van der Waals surface area (Å²) < 4.78 is 0. The third-order valence-electron chi connectivity index (χ3n) is 3.37. The van der Waals surface area contributed by atoms with Crippen molar-refractivity contribution in [1.82, 2.24) is 0 Å². The average Bonchev–Trinajstić information content (AvgIpc) is 2.47. The van der Waals surface area contributed by atoms with E-state index >= 15 is 0 Å². The van der Waals surface area contributed by atoms with E-state index in [1.807, 2.05) is 0 Å². The number of rotatable bonds is 11. The maximum atomic E-state index is 10.4. The van der Waals surface area contributed by atoms with E-state index in [4.69, 9.17) is 28.3 Å². The summed E-state index contributed by atoms with van der Waals surface area (Å²) in [7, 11) is 0. The molecule has 0 fully saturated rings. The van der Waals surface area contributed by atoms with Crippen molar-refractivity contribution < 1.29 is 9.90 Å². The molecule has 0 saturated heterocycles. The van der Waals surface area contributed by atoms with Gasteiger partial charge >= 0.3 is 5.97 Å². The molecule has 0 aliphatic carbocycles. The first kappa shape index (κ1) is 18.1. The second-order valence-corrected chi connectivity index (χ2v) is 5.74. The summed E-state index contributed by atoms with van der Waals surface area (Å²) in [5.74, 6) is 0.461. The highest BCUT2D eigenvalue weighted by Gasteiger charge is 2.05. The topological polar surface area (TPSA) is 40.5 Å². The fourth-order valence-corrected chi connectivity index (χ4v) is 2.64. The number of aliphatic carboxylic acids is 1. The lowest BCUT2D eigenvalue weighted by Crippen LogP contribution is -2.27. The lowest BCUT2D eigenvalue weighted by Gasteiger charge is -2.23. The van der Waals surface area contributed by atoms with Gasteiger partial charge in [-0.3, -0.25) is 4.79 Å². The predicted octanol–water partition coefficient (Wildman–Crippen LogP) is 4.16. The number of nitrogens with zero attached hydrogens (tertiary/aromatic N) is 1. The van der Waals surface area contributed by atoms with Gasteiger partial charge in [-0.15, -0.1) is 23.2 Å². The largest absolute Gasteiger partial charge is 0.481 e. The molecule has 1 N–H and O–H groups in total. The molecule has 0 atom stereocenters. The van der Waals surface area contributed by atoms with Gasteiger partial charge in [0, 0.05) is 37.0 Å². The third kappa shape index (κ3) is 7.58. The lowest BCUT2D eigenvalue weighted by molar-refractivity contribution is -0.137. The van der Waals surface area contributed by atoms with Crippen molar-refractivity contribution in [1.29, 1.82) is 0 Å². The van der Waals surface area contributed by atoms with E-state index in [0.717, 1.165) is 44.5 Å². The number of unbranched alkanes of at least 4 members (excludes halogenated alkanes) is 2. The van der Waals surface area contributed by atoms with Gasteiger partial charge < -0.3 is 10.0 Å². The number of halogens is 2. The predicted molar refractivity (Wildman–Crippen MR) is 89.9 cm³/mol. The van der Waals surface area contributed by atoms with Crippen LogP contribution in [-0.4, -0.2) is 35.9 Å². The first-order chi connectivity index (χ1) is 10.2. The van der Waals surface area contributed by atoms with E-state index in [-0.39, 0.29) is 6.42 Å². The highest BCUT2D eigenvalue weighted by Crippen LogP contribution is 2.17. The molecular formula is C16H23Cl2NO2. The minimum absolute atomic E-state index is 0.269. The van der Waals surface area contributed by atoms with Crippen LogP contribution in [0, 0.1) is 0 Å². The van der Waals surface area contributed by atoms with Crippen molar-refractivity contribution in [2.24, 2.45) is 0 Å². The van der Waals surface area contributed by atoms with Crippen LogP contribution in [0.4, 0.5) is 5.69 Å². The molecule has 0 aliphatic heterocycles. The van der Waals surface area contributed by atoms with Crippen LogP contribution >= 0.6 is 23.2 Å². The van der Waals surface area contributed by atoms with Crippen LogP contribution in [0.1, 0.15) is 31.2 Å². The average molecular weight is 332 g/mol. The van der Waals surface area contributed by atoms with Crippen LogP contribution in [-0.2, 0) is 11.2 Å². The fraction of sp³-hybridized carbons (Fsp3) is 0.562. The first-order valence-electron chi connectivity index (χ1n) is 7.35. The lowest BCUT2D eigenvalue weighted by atomic mass is 10.1. The molecule has 5 heteroatoms. The van der Waals surface area contributed by atoms with E-state index in [1.165, 1.54) is 5.56 Å². The van der Waals surface area contributed by atoms with Crippen molar-refractivity contribution >= 4 is 34.9 Å². The minimum Gasteiger partial charge on any atom is -0.481 e. The maximum absolute atomic E-state index is 10.4. The summed E-state index contributed by atoms with van der Waals surface area (Å²) in [6.45, 7) is 1.59.